The average molecular weight is 272 g/mol. The lowest BCUT2D eigenvalue weighted by Gasteiger charge is -2.15. The van der Waals surface area contributed by atoms with Gasteiger partial charge in [0, 0.05) is 19.8 Å². The van der Waals surface area contributed by atoms with E-state index in [-0.39, 0.29) is 0 Å². The second kappa shape index (κ2) is 5.26. The monoisotopic (exact) mass is 272 g/mol. The van der Waals surface area contributed by atoms with Crippen LogP contribution in [0.25, 0.3) is 0 Å². The normalized spacial score (nSPS) is 12.8. The van der Waals surface area contributed by atoms with Gasteiger partial charge in [-0.25, -0.2) is 8.42 Å². The van der Waals surface area contributed by atoms with Crippen LogP contribution in [-0.2, 0) is 14.8 Å². The Balaban J connectivity index is 2.98. The number of hydrogen-bond acceptors (Lipinski definition) is 4. The Morgan fingerprint density at radius 1 is 1.39 bits per heavy atom. The van der Waals surface area contributed by atoms with Crippen molar-refractivity contribution in [1.82, 2.24) is 0 Å². The van der Waals surface area contributed by atoms with Gasteiger partial charge in [0.25, 0.3) is 0 Å². The maximum atomic E-state index is 11.7. The van der Waals surface area contributed by atoms with E-state index in [1.165, 1.54) is 0 Å². The van der Waals surface area contributed by atoms with Crippen molar-refractivity contribution in [2.75, 3.05) is 23.7 Å². The van der Waals surface area contributed by atoms with Gasteiger partial charge in [0.2, 0.25) is 10.0 Å². The van der Waals surface area contributed by atoms with Gasteiger partial charge in [0.15, 0.2) is 5.25 Å². The molecule has 0 amide bonds. The first-order chi connectivity index (χ1) is 8.24. The number of nitrogens with one attached hydrogen (secondary N) is 1. The zero-order valence-electron chi connectivity index (χ0n) is 10.4. The number of nitrogens with zero attached hydrogens (tertiary/aromatic N) is 1. The summed E-state index contributed by atoms with van der Waals surface area (Å²) in [5.41, 5.74) is 1.16. The summed E-state index contributed by atoms with van der Waals surface area (Å²) in [5.74, 6) is -1.38. The van der Waals surface area contributed by atoms with Crippen LogP contribution in [0.5, 0.6) is 0 Å². The third kappa shape index (κ3) is 3.36. The van der Waals surface area contributed by atoms with Gasteiger partial charge in [-0.2, -0.15) is 0 Å². The Kier molecular flexibility index (Phi) is 4.18. The molecule has 1 rings (SSSR count). The maximum absolute atomic E-state index is 11.7. The molecule has 6 nitrogen and oxygen atoms in total. The highest BCUT2D eigenvalue weighted by atomic mass is 32.2. The highest BCUT2D eigenvalue weighted by molar-refractivity contribution is 7.94. The fourth-order valence-corrected chi connectivity index (χ4v) is 2.13. The van der Waals surface area contributed by atoms with Crippen LogP contribution in [0.4, 0.5) is 11.4 Å². The van der Waals surface area contributed by atoms with Crippen LogP contribution in [0.2, 0.25) is 0 Å². The number of aliphatic carboxylic acids is 1. The van der Waals surface area contributed by atoms with Gasteiger partial charge in [0.1, 0.15) is 0 Å². The largest absolute Gasteiger partial charge is 0.480 e. The molecule has 0 heterocycles. The van der Waals surface area contributed by atoms with Gasteiger partial charge in [-0.1, -0.05) is 6.07 Å². The Morgan fingerprint density at radius 3 is 2.50 bits per heavy atom. The van der Waals surface area contributed by atoms with E-state index in [4.69, 9.17) is 5.11 Å². The third-order valence-corrected chi connectivity index (χ3v) is 4.09. The van der Waals surface area contributed by atoms with Crippen LogP contribution in [0.3, 0.4) is 0 Å². The molecule has 18 heavy (non-hydrogen) atoms. The number of carbonyl (C=O) groups is 1. The lowest BCUT2D eigenvalue weighted by atomic mass is 10.3. The SMILES string of the molecule is CC(C(=O)O)S(=O)(=O)Nc1cccc(N(C)C)c1. The van der Waals surface area contributed by atoms with Crippen molar-refractivity contribution in [3.8, 4) is 0 Å². The average Bonchev–Trinajstić information content (AvgIpc) is 2.27. The molecule has 1 aromatic carbocycles. The summed E-state index contributed by atoms with van der Waals surface area (Å²) < 4.78 is 25.7. The van der Waals surface area contributed by atoms with Crippen molar-refractivity contribution in [1.29, 1.82) is 0 Å². The van der Waals surface area contributed by atoms with E-state index in [0.717, 1.165) is 12.6 Å². The summed E-state index contributed by atoms with van der Waals surface area (Å²) >= 11 is 0. The number of carboxylic acid groups (broad SMARTS) is 1. The number of hydrogen-bond donors (Lipinski definition) is 2. The molecule has 0 saturated heterocycles. The minimum absolute atomic E-state index is 0.342. The lowest BCUT2D eigenvalue weighted by molar-refractivity contribution is -0.136. The van der Waals surface area contributed by atoms with Crippen LogP contribution in [0, 0.1) is 0 Å². The summed E-state index contributed by atoms with van der Waals surface area (Å²) in [5, 5.41) is 7.21. The molecule has 0 radical (unpaired) electrons. The van der Waals surface area contributed by atoms with Gasteiger partial charge >= 0.3 is 5.97 Å². The fourth-order valence-electron chi connectivity index (χ4n) is 1.23. The molecule has 0 fully saturated rings. The molecule has 0 aromatic heterocycles. The van der Waals surface area contributed by atoms with Crippen molar-refractivity contribution in [2.24, 2.45) is 0 Å². The first kappa shape index (κ1) is 14.3. The van der Waals surface area contributed by atoms with Gasteiger partial charge < -0.3 is 10.0 Å². The molecule has 100 valence electrons. The Labute approximate surface area is 106 Å². The van der Waals surface area contributed by atoms with Crippen LogP contribution in [0.15, 0.2) is 24.3 Å². The summed E-state index contributed by atoms with van der Waals surface area (Å²) in [6.07, 6.45) is 0. The van der Waals surface area contributed by atoms with Crippen molar-refractivity contribution in [3.05, 3.63) is 24.3 Å². The predicted molar refractivity (Wildman–Crippen MR) is 70.4 cm³/mol. The second-order valence-corrected chi connectivity index (χ2v) is 6.07. The molecule has 0 saturated carbocycles. The van der Waals surface area contributed by atoms with E-state index < -0.39 is 21.2 Å². The quantitative estimate of drug-likeness (QED) is 0.834. The van der Waals surface area contributed by atoms with Crippen LogP contribution in [0.1, 0.15) is 6.92 Å². The first-order valence-corrected chi connectivity index (χ1v) is 6.80. The molecular formula is C11H16N2O4S. The summed E-state index contributed by atoms with van der Waals surface area (Å²) in [7, 11) is -0.269. The van der Waals surface area contributed by atoms with E-state index >= 15 is 0 Å². The standard InChI is InChI=1S/C11H16N2O4S/c1-8(11(14)15)18(16,17)12-9-5-4-6-10(7-9)13(2)3/h4-8,12H,1-3H3,(H,14,15). The Morgan fingerprint density at radius 2 is 2.00 bits per heavy atom. The lowest BCUT2D eigenvalue weighted by Crippen LogP contribution is -2.32. The molecule has 1 atom stereocenters. The number of anilines is 2. The summed E-state index contributed by atoms with van der Waals surface area (Å²) in [6, 6.07) is 6.71. The first-order valence-electron chi connectivity index (χ1n) is 5.26. The molecule has 1 unspecified atom stereocenters. The number of benzene rings is 1. The van der Waals surface area contributed by atoms with Gasteiger partial charge in [0.05, 0.1) is 5.69 Å². The smallest absolute Gasteiger partial charge is 0.323 e. The molecule has 0 aliphatic heterocycles. The van der Waals surface area contributed by atoms with Crippen molar-refractivity contribution < 1.29 is 18.3 Å². The molecule has 0 aliphatic carbocycles. The zero-order valence-corrected chi connectivity index (χ0v) is 11.2. The third-order valence-electron chi connectivity index (χ3n) is 2.44. The molecular weight excluding hydrogens is 256 g/mol. The molecule has 0 bridgehead atoms. The highest BCUT2D eigenvalue weighted by Gasteiger charge is 2.27. The van der Waals surface area contributed by atoms with Crippen LogP contribution in [-0.4, -0.2) is 38.8 Å². The molecule has 0 aliphatic rings. The summed E-state index contributed by atoms with van der Waals surface area (Å²) in [4.78, 5) is 12.5. The van der Waals surface area contributed by atoms with E-state index in [0.29, 0.717) is 5.69 Å². The Hall–Kier alpha value is -1.76. The Bertz CT molecular complexity index is 540. The van der Waals surface area contributed by atoms with Crippen LogP contribution >= 0.6 is 0 Å². The van der Waals surface area contributed by atoms with E-state index in [1.54, 1.807) is 18.2 Å². The van der Waals surface area contributed by atoms with Crippen molar-refractivity contribution in [3.63, 3.8) is 0 Å². The summed E-state index contributed by atoms with van der Waals surface area (Å²) in [6.45, 7) is 1.13. The van der Waals surface area contributed by atoms with Crippen molar-refractivity contribution >= 4 is 27.4 Å². The highest BCUT2D eigenvalue weighted by Crippen LogP contribution is 2.19. The van der Waals surface area contributed by atoms with Crippen LogP contribution < -0.4 is 9.62 Å². The van der Waals surface area contributed by atoms with Crippen molar-refractivity contribution in [2.45, 2.75) is 12.2 Å². The maximum Gasteiger partial charge on any atom is 0.323 e. The van der Waals surface area contributed by atoms with Gasteiger partial charge in [-0.05, 0) is 25.1 Å². The zero-order chi connectivity index (χ0) is 13.9. The molecule has 2 N–H and O–H groups in total. The number of sulfonamides is 1. The number of carboxylic acids is 1. The van der Waals surface area contributed by atoms with E-state index in [9.17, 15) is 13.2 Å². The van der Waals surface area contributed by atoms with Gasteiger partial charge in [-0.3, -0.25) is 9.52 Å². The minimum atomic E-state index is -3.92. The molecule has 7 heteroatoms. The molecule has 0 spiro atoms. The van der Waals surface area contributed by atoms with E-state index in [2.05, 4.69) is 4.72 Å². The topological polar surface area (TPSA) is 86.7 Å². The minimum Gasteiger partial charge on any atom is -0.480 e. The number of rotatable bonds is 5. The second-order valence-electron chi connectivity index (χ2n) is 4.07. The fraction of sp³-hybridized carbons (Fsp3) is 0.364. The van der Waals surface area contributed by atoms with E-state index in [1.807, 2.05) is 25.1 Å². The van der Waals surface area contributed by atoms with Gasteiger partial charge in [-0.15, -0.1) is 0 Å². The predicted octanol–water partition coefficient (Wildman–Crippen LogP) is 0.967. The molecule has 1 aromatic rings.